The van der Waals surface area contributed by atoms with Crippen molar-refractivity contribution in [2.75, 3.05) is 7.05 Å². The van der Waals surface area contributed by atoms with Crippen LogP contribution in [-0.4, -0.2) is 7.05 Å². The van der Waals surface area contributed by atoms with Gasteiger partial charge in [-0.2, -0.15) is 0 Å². The molecule has 0 aliphatic carbocycles. The lowest BCUT2D eigenvalue weighted by Gasteiger charge is -2.19. The zero-order valence-electron chi connectivity index (χ0n) is 11.7. The molecule has 0 fully saturated rings. The van der Waals surface area contributed by atoms with Crippen LogP contribution in [-0.2, 0) is 6.42 Å². The van der Waals surface area contributed by atoms with Crippen molar-refractivity contribution in [1.82, 2.24) is 5.32 Å². The molecule has 0 spiro atoms. The number of nitrogens with one attached hydrogen (secondary N) is 1. The van der Waals surface area contributed by atoms with E-state index < -0.39 is 29.3 Å². The Labute approximate surface area is 120 Å². The molecule has 1 unspecified atom stereocenters. The lowest BCUT2D eigenvalue weighted by atomic mass is 9.96. The molecule has 0 aliphatic heterocycles. The monoisotopic (exact) mass is 297 g/mol. The van der Waals surface area contributed by atoms with E-state index in [2.05, 4.69) is 5.32 Å². The summed E-state index contributed by atoms with van der Waals surface area (Å²) in [7, 11) is 1.58. The van der Waals surface area contributed by atoms with Crippen LogP contribution in [0.25, 0.3) is 0 Å². The molecule has 112 valence electrons. The third-order valence-corrected chi connectivity index (χ3v) is 3.43. The maximum atomic E-state index is 13.9. The van der Waals surface area contributed by atoms with Crippen molar-refractivity contribution in [1.29, 1.82) is 0 Å². The van der Waals surface area contributed by atoms with Gasteiger partial charge in [0.15, 0.2) is 0 Å². The van der Waals surface area contributed by atoms with Gasteiger partial charge in [0, 0.05) is 17.7 Å². The van der Waals surface area contributed by atoms with Crippen LogP contribution in [0.4, 0.5) is 17.6 Å². The van der Waals surface area contributed by atoms with E-state index in [-0.39, 0.29) is 17.5 Å². The van der Waals surface area contributed by atoms with Gasteiger partial charge in [0.1, 0.15) is 23.3 Å². The summed E-state index contributed by atoms with van der Waals surface area (Å²) in [5, 5.41) is 2.85. The number of rotatable bonds is 4. The molecule has 0 heterocycles. The van der Waals surface area contributed by atoms with E-state index in [4.69, 9.17) is 0 Å². The summed E-state index contributed by atoms with van der Waals surface area (Å²) in [6.07, 6.45) is 0.0576. The average molecular weight is 297 g/mol. The van der Waals surface area contributed by atoms with Crippen LogP contribution in [0, 0.1) is 30.2 Å². The van der Waals surface area contributed by atoms with Gasteiger partial charge in [0.2, 0.25) is 0 Å². The summed E-state index contributed by atoms with van der Waals surface area (Å²) in [4.78, 5) is 0. The van der Waals surface area contributed by atoms with Crippen LogP contribution >= 0.6 is 0 Å². The van der Waals surface area contributed by atoms with Gasteiger partial charge in [0.25, 0.3) is 0 Å². The standard InChI is InChI=1S/C16H15F4N/c1-9-5-12(15(20)8-14(9)19)16(21-2)7-10-6-11(17)3-4-13(10)18/h3-6,8,16,21H,7H2,1-2H3. The summed E-state index contributed by atoms with van der Waals surface area (Å²) in [6, 6.07) is 4.73. The fraction of sp³-hybridized carbons (Fsp3) is 0.250. The van der Waals surface area contributed by atoms with E-state index in [0.29, 0.717) is 5.56 Å². The number of hydrogen-bond acceptors (Lipinski definition) is 1. The number of halogens is 4. The molecule has 0 bridgehead atoms. The van der Waals surface area contributed by atoms with Crippen molar-refractivity contribution < 1.29 is 17.6 Å². The minimum Gasteiger partial charge on any atom is -0.313 e. The Morgan fingerprint density at radius 1 is 0.952 bits per heavy atom. The zero-order chi connectivity index (χ0) is 15.6. The predicted octanol–water partition coefficient (Wildman–Crippen LogP) is 4.05. The predicted molar refractivity (Wildman–Crippen MR) is 73.0 cm³/mol. The summed E-state index contributed by atoms with van der Waals surface area (Å²) in [5.74, 6) is -2.47. The molecule has 2 aromatic carbocycles. The molecular weight excluding hydrogens is 282 g/mol. The van der Waals surface area contributed by atoms with E-state index in [1.54, 1.807) is 7.05 Å². The molecule has 0 radical (unpaired) electrons. The molecule has 5 heteroatoms. The van der Waals surface area contributed by atoms with Crippen LogP contribution in [0.2, 0.25) is 0 Å². The first-order valence-corrected chi connectivity index (χ1v) is 6.49. The first kappa shape index (κ1) is 15.5. The molecule has 21 heavy (non-hydrogen) atoms. The Kier molecular flexibility index (Phi) is 4.63. The molecule has 1 atom stereocenters. The Morgan fingerprint density at radius 2 is 1.67 bits per heavy atom. The highest BCUT2D eigenvalue weighted by molar-refractivity contribution is 5.30. The highest BCUT2D eigenvalue weighted by Crippen LogP contribution is 2.25. The van der Waals surface area contributed by atoms with E-state index in [0.717, 1.165) is 24.3 Å². The molecule has 2 rings (SSSR count). The molecular formula is C16H15F4N. The second-order valence-electron chi connectivity index (χ2n) is 4.90. The van der Waals surface area contributed by atoms with Gasteiger partial charge in [0.05, 0.1) is 0 Å². The van der Waals surface area contributed by atoms with Gasteiger partial charge in [-0.1, -0.05) is 0 Å². The van der Waals surface area contributed by atoms with Gasteiger partial charge >= 0.3 is 0 Å². The highest BCUT2D eigenvalue weighted by atomic mass is 19.1. The fourth-order valence-corrected chi connectivity index (χ4v) is 2.23. The van der Waals surface area contributed by atoms with Crippen LogP contribution in [0.3, 0.4) is 0 Å². The Bertz CT molecular complexity index is 655. The molecule has 0 amide bonds. The molecule has 0 saturated carbocycles. The second kappa shape index (κ2) is 6.26. The summed E-state index contributed by atoms with van der Waals surface area (Å²) >= 11 is 0. The first-order chi connectivity index (χ1) is 9.92. The van der Waals surface area contributed by atoms with E-state index >= 15 is 0 Å². The van der Waals surface area contributed by atoms with Gasteiger partial charge in [-0.3, -0.25) is 0 Å². The SMILES string of the molecule is CNC(Cc1cc(F)ccc1F)c1cc(C)c(F)cc1F. The molecule has 2 aromatic rings. The van der Waals surface area contributed by atoms with Gasteiger partial charge in [-0.25, -0.2) is 17.6 Å². The Balaban J connectivity index is 2.36. The lowest BCUT2D eigenvalue weighted by Crippen LogP contribution is -2.21. The zero-order valence-corrected chi connectivity index (χ0v) is 11.7. The minimum absolute atomic E-state index is 0.0576. The Morgan fingerprint density at radius 3 is 2.33 bits per heavy atom. The number of likely N-dealkylation sites (N-methyl/N-ethyl adjacent to an activating group) is 1. The topological polar surface area (TPSA) is 12.0 Å². The first-order valence-electron chi connectivity index (χ1n) is 6.49. The normalized spacial score (nSPS) is 12.5. The van der Waals surface area contributed by atoms with Crippen LogP contribution < -0.4 is 5.32 Å². The van der Waals surface area contributed by atoms with E-state index in [9.17, 15) is 17.6 Å². The smallest absolute Gasteiger partial charge is 0.130 e. The van der Waals surface area contributed by atoms with Crippen molar-refractivity contribution in [2.24, 2.45) is 0 Å². The average Bonchev–Trinajstić information content (AvgIpc) is 2.44. The van der Waals surface area contributed by atoms with Gasteiger partial charge < -0.3 is 5.32 Å². The summed E-state index contributed by atoms with van der Waals surface area (Å²) < 4.78 is 54.1. The van der Waals surface area contributed by atoms with Crippen LogP contribution in [0.15, 0.2) is 30.3 Å². The third-order valence-electron chi connectivity index (χ3n) is 3.43. The summed E-state index contributed by atoms with van der Waals surface area (Å²) in [5.41, 5.74) is 0.655. The van der Waals surface area contributed by atoms with Crippen molar-refractivity contribution in [3.05, 3.63) is 70.3 Å². The number of benzene rings is 2. The summed E-state index contributed by atoms with van der Waals surface area (Å²) in [6.45, 7) is 1.52. The maximum absolute atomic E-state index is 13.9. The number of hydrogen-bond donors (Lipinski definition) is 1. The van der Waals surface area contributed by atoms with E-state index in [1.165, 1.54) is 13.0 Å². The van der Waals surface area contributed by atoms with Crippen molar-refractivity contribution in [3.8, 4) is 0 Å². The molecule has 0 aliphatic rings. The third kappa shape index (κ3) is 3.42. The number of aryl methyl sites for hydroxylation is 1. The highest BCUT2D eigenvalue weighted by Gasteiger charge is 2.18. The second-order valence-corrected chi connectivity index (χ2v) is 4.90. The van der Waals surface area contributed by atoms with E-state index in [1.807, 2.05) is 0 Å². The molecule has 0 saturated heterocycles. The van der Waals surface area contributed by atoms with Crippen molar-refractivity contribution in [3.63, 3.8) is 0 Å². The quantitative estimate of drug-likeness (QED) is 0.839. The largest absolute Gasteiger partial charge is 0.313 e. The van der Waals surface area contributed by atoms with Crippen molar-refractivity contribution >= 4 is 0 Å². The van der Waals surface area contributed by atoms with Gasteiger partial charge in [-0.05, 0) is 55.8 Å². The van der Waals surface area contributed by atoms with Gasteiger partial charge in [-0.15, -0.1) is 0 Å². The minimum atomic E-state index is -0.714. The lowest BCUT2D eigenvalue weighted by molar-refractivity contribution is 0.506. The Hall–Kier alpha value is -1.88. The van der Waals surface area contributed by atoms with Crippen molar-refractivity contribution in [2.45, 2.75) is 19.4 Å². The van der Waals surface area contributed by atoms with Crippen LogP contribution in [0.5, 0.6) is 0 Å². The molecule has 1 N–H and O–H groups in total. The molecule has 0 aromatic heterocycles. The van der Waals surface area contributed by atoms with Crippen LogP contribution in [0.1, 0.15) is 22.7 Å². The molecule has 1 nitrogen and oxygen atoms in total. The maximum Gasteiger partial charge on any atom is 0.130 e. The fourth-order valence-electron chi connectivity index (χ4n) is 2.23.